The summed E-state index contributed by atoms with van der Waals surface area (Å²) >= 11 is 0. The lowest BCUT2D eigenvalue weighted by atomic mass is 9.90. The number of nitrogens with zero attached hydrogens (tertiary/aromatic N) is 5. The molecule has 0 saturated carbocycles. The molecule has 34 heavy (non-hydrogen) atoms. The van der Waals surface area contributed by atoms with Gasteiger partial charge < -0.3 is 14.6 Å². The molecule has 3 heterocycles. The normalized spacial score (nSPS) is 18.4. The van der Waals surface area contributed by atoms with E-state index < -0.39 is 23.4 Å². The smallest absolute Gasteiger partial charge is 0.295 e. The number of aromatic nitrogens is 4. The van der Waals surface area contributed by atoms with E-state index in [4.69, 9.17) is 4.42 Å². The second-order valence-electron chi connectivity index (χ2n) is 8.30. The highest BCUT2D eigenvalue weighted by atomic mass is 19.1. The molecule has 0 spiro atoms. The predicted molar refractivity (Wildman–Crippen MR) is 117 cm³/mol. The van der Waals surface area contributed by atoms with Crippen molar-refractivity contribution in [2.45, 2.75) is 25.8 Å². The number of fused-ring (bicyclic) bond motifs is 1. The van der Waals surface area contributed by atoms with Crippen LogP contribution in [0.4, 0.5) is 19.2 Å². The van der Waals surface area contributed by atoms with E-state index in [1.165, 1.54) is 30.6 Å². The lowest BCUT2D eigenvalue weighted by molar-refractivity contribution is 0.0534. The van der Waals surface area contributed by atoms with Gasteiger partial charge in [0.05, 0.1) is 18.4 Å². The van der Waals surface area contributed by atoms with Crippen LogP contribution in [-0.4, -0.2) is 49.9 Å². The van der Waals surface area contributed by atoms with Crippen LogP contribution in [0.25, 0.3) is 16.8 Å². The Morgan fingerprint density at radius 1 is 1.15 bits per heavy atom. The van der Waals surface area contributed by atoms with Crippen molar-refractivity contribution >= 4 is 23.0 Å². The number of halogens is 3. The zero-order valence-corrected chi connectivity index (χ0v) is 18.2. The van der Waals surface area contributed by atoms with Crippen molar-refractivity contribution in [3.8, 4) is 5.69 Å². The summed E-state index contributed by atoms with van der Waals surface area (Å²) in [5, 5.41) is 10.9. The Hall–Kier alpha value is -3.89. The molecule has 176 valence electrons. The first-order chi connectivity index (χ1) is 16.4. The molecule has 4 aromatic rings. The number of anilines is 1. The van der Waals surface area contributed by atoms with E-state index in [0.29, 0.717) is 23.7 Å². The molecule has 1 amide bonds. The van der Waals surface area contributed by atoms with Gasteiger partial charge in [-0.15, -0.1) is 0 Å². The minimum Gasteiger partial charge on any atom is -0.423 e. The molecule has 1 N–H and O–H groups in total. The number of piperidine rings is 1. The van der Waals surface area contributed by atoms with Crippen molar-refractivity contribution in [2.75, 3.05) is 18.4 Å². The molecule has 11 heteroatoms. The third kappa shape index (κ3) is 4.09. The van der Waals surface area contributed by atoms with Gasteiger partial charge in [0, 0.05) is 31.3 Å². The van der Waals surface area contributed by atoms with Crippen LogP contribution in [-0.2, 0) is 0 Å². The number of carbonyl (C=O) groups excluding carboxylic acids is 1. The molecule has 1 fully saturated rings. The zero-order valence-electron chi connectivity index (χ0n) is 18.2. The van der Waals surface area contributed by atoms with E-state index in [9.17, 15) is 18.0 Å². The minimum atomic E-state index is -0.983. The molecule has 1 saturated heterocycles. The number of nitrogens with one attached hydrogen (secondary N) is 1. The number of carbonyl (C=O) groups is 1. The molecule has 2 unspecified atom stereocenters. The second-order valence-corrected chi connectivity index (χ2v) is 8.30. The molecule has 1 aliphatic rings. The Balaban J connectivity index is 1.43. The molecule has 8 nitrogen and oxygen atoms in total. The van der Waals surface area contributed by atoms with Crippen LogP contribution < -0.4 is 5.32 Å². The van der Waals surface area contributed by atoms with Crippen LogP contribution in [0, 0.1) is 23.4 Å². The maximum atomic E-state index is 14.9. The Labute approximate surface area is 192 Å². The molecular formula is C23H21F3N6O2. The molecule has 5 rings (SSSR count). The standard InChI is InChI=1S/C23H21F3N6O2/c1-13-3-2-8-31(19(13)12-27-23-30-17-5-4-14(24)11-20(17)34-23)22(33)21-16(26)9-15(25)10-18(21)32-28-6-7-29-32/h4-7,9-11,13,19H,2-3,8,12H2,1H3,(H,27,30). The highest BCUT2D eigenvalue weighted by Crippen LogP contribution is 2.29. The summed E-state index contributed by atoms with van der Waals surface area (Å²) in [5.74, 6) is -2.75. The van der Waals surface area contributed by atoms with E-state index in [-0.39, 0.29) is 35.8 Å². The number of hydrogen-bond donors (Lipinski definition) is 1. The number of hydrogen-bond acceptors (Lipinski definition) is 6. The lowest BCUT2D eigenvalue weighted by Gasteiger charge is -2.40. The van der Waals surface area contributed by atoms with Crippen LogP contribution in [0.5, 0.6) is 0 Å². The number of amides is 1. The van der Waals surface area contributed by atoms with Crippen molar-refractivity contribution in [3.63, 3.8) is 0 Å². The van der Waals surface area contributed by atoms with Crippen LogP contribution in [0.3, 0.4) is 0 Å². The second kappa shape index (κ2) is 8.81. The Bertz CT molecular complexity index is 1340. The first-order valence-electron chi connectivity index (χ1n) is 10.9. The van der Waals surface area contributed by atoms with Gasteiger partial charge >= 0.3 is 0 Å². The summed E-state index contributed by atoms with van der Waals surface area (Å²) in [7, 11) is 0. The zero-order chi connectivity index (χ0) is 23.8. The fourth-order valence-electron chi connectivity index (χ4n) is 4.39. The van der Waals surface area contributed by atoms with Crippen LogP contribution >= 0.6 is 0 Å². The number of benzene rings is 2. The highest BCUT2D eigenvalue weighted by molar-refractivity contribution is 5.98. The van der Waals surface area contributed by atoms with Gasteiger partial charge in [0.2, 0.25) is 0 Å². The van der Waals surface area contributed by atoms with Gasteiger partial charge in [-0.1, -0.05) is 6.92 Å². The van der Waals surface area contributed by atoms with Crippen molar-refractivity contribution in [1.82, 2.24) is 24.9 Å². The number of oxazole rings is 1. The topological polar surface area (TPSA) is 89.1 Å². The third-order valence-corrected chi connectivity index (χ3v) is 6.07. The van der Waals surface area contributed by atoms with E-state index >= 15 is 0 Å². The van der Waals surface area contributed by atoms with Gasteiger partial charge in [-0.05, 0) is 30.9 Å². The average molecular weight is 470 g/mol. The number of likely N-dealkylation sites (tertiary alicyclic amines) is 1. The summed E-state index contributed by atoms with van der Waals surface area (Å²) in [5.41, 5.74) is 0.433. The van der Waals surface area contributed by atoms with Gasteiger partial charge in [0.1, 0.15) is 34.2 Å². The number of rotatable bonds is 5. The van der Waals surface area contributed by atoms with Gasteiger partial charge in [0.15, 0.2) is 5.58 Å². The Morgan fingerprint density at radius 3 is 2.74 bits per heavy atom. The summed E-state index contributed by atoms with van der Waals surface area (Å²) in [4.78, 5) is 20.5. The summed E-state index contributed by atoms with van der Waals surface area (Å²) < 4.78 is 47.9. The molecule has 2 aromatic heterocycles. The summed E-state index contributed by atoms with van der Waals surface area (Å²) in [6.45, 7) is 2.68. The van der Waals surface area contributed by atoms with E-state index in [2.05, 4.69) is 20.5 Å². The minimum absolute atomic E-state index is 0.0709. The van der Waals surface area contributed by atoms with Crippen molar-refractivity contribution < 1.29 is 22.4 Å². The van der Waals surface area contributed by atoms with Crippen LogP contribution in [0.15, 0.2) is 47.1 Å². The van der Waals surface area contributed by atoms with Crippen LogP contribution in [0.2, 0.25) is 0 Å². The first-order valence-corrected chi connectivity index (χ1v) is 10.9. The molecule has 1 aliphatic heterocycles. The third-order valence-electron chi connectivity index (χ3n) is 6.07. The SMILES string of the molecule is CC1CCCN(C(=O)c2c(F)cc(F)cc2-n2nccn2)C1CNc1nc2ccc(F)cc2o1. The summed E-state index contributed by atoms with van der Waals surface area (Å²) in [6.07, 6.45) is 4.33. The quantitative estimate of drug-likeness (QED) is 0.471. The van der Waals surface area contributed by atoms with Gasteiger partial charge in [-0.3, -0.25) is 4.79 Å². The fraction of sp³-hybridized carbons (Fsp3) is 0.304. The predicted octanol–water partition coefficient (Wildman–Crippen LogP) is 4.18. The average Bonchev–Trinajstić information content (AvgIpc) is 3.47. The van der Waals surface area contributed by atoms with E-state index in [1.807, 2.05) is 6.92 Å². The van der Waals surface area contributed by atoms with E-state index in [0.717, 1.165) is 23.7 Å². The highest BCUT2D eigenvalue weighted by Gasteiger charge is 2.35. The van der Waals surface area contributed by atoms with Crippen molar-refractivity contribution in [2.24, 2.45) is 5.92 Å². The first kappa shape index (κ1) is 21.9. The van der Waals surface area contributed by atoms with E-state index in [1.54, 1.807) is 4.90 Å². The Morgan fingerprint density at radius 2 is 1.94 bits per heavy atom. The maximum absolute atomic E-state index is 14.9. The van der Waals surface area contributed by atoms with Crippen molar-refractivity contribution in [3.05, 3.63) is 65.7 Å². The van der Waals surface area contributed by atoms with Crippen molar-refractivity contribution in [1.29, 1.82) is 0 Å². The molecule has 0 aliphatic carbocycles. The summed E-state index contributed by atoms with van der Waals surface area (Å²) in [6, 6.07) is 5.64. The monoisotopic (exact) mass is 470 g/mol. The fourth-order valence-corrected chi connectivity index (χ4v) is 4.39. The molecule has 0 radical (unpaired) electrons. The largest absolute Gasteiger partial charge is 0.423 e. The van der Waals surface area contributed by atoms with Gasteiger partial charge in [-0.2, -0.15) is 20.0 Å². The molecule has 0 bridgehead atoms. The lowest BCUT2D eigenvalue weighted by Crippen LogP contribution is -2.51. The van der Waals surface area contributed by atoms with Crippen LogP contribution in [0.1, 0.15) is 30.1 Å². The Kier molecular flexibility index (Phi) is 5.68. The molecular weight excluding hydrogens is 449 g/mol. The molecule has 2 atom stereocenters. The maximum Gasteiger partial charge on any atom is 0.295 e. The van der Waals surface area contributed by atoms with Gasteiger partial charge in [0.25, 0.3) is 11.9 Å². The molecule has 2 aromatic carbocycles. The van der Waals surface area contributed by atoms with Gasteiger partial charge in [-0.25, -0.2) is 13.2 Å².